The minimum absolute atomic E-state index is 0. The number of hydrogen-bond donors (Lipinski definition) is 1. The molecule has 0 aliphatic rings. The summed E-state index contributed by atoms with van der Waals surface area (Å²) in [5.41, 5.74) is 0. The van der Waals surface area contributed by atoms with E-state index in [0.717, 1.165) is 32.1 Å². The molecule has 2 unspecified atom stereocenters. The second-order valence-corrected chi connectivity index (χ2v) is 8.42. The van der Waals surface area contributed by atoms with Crippen LogP contribution in [0, 0.1) is 0 Å². The summed E-state index contributed by atoms with van der Waals surface area (Å²) < 4.78 is 34.0. The molecule has 4 nitrogen and oxygen atoms in total. The zero-order chi connectivity index (χ0) is 17.6. The van der Waals surface area contributed by atoms with Crippen molar-refractivity contribution in [1.29, 1.82) is 0 Å². The molecule has 0 amide bonds. The summed E-state index contributed by atoms with van der Waals surface area (Å²) in [6.07, 6.45) is 12.7. The quantitative estimate of drug-likeness (QED) is 0.248. The molecule has 0 spiro atoms. The SMILES string of the molecule is CCCCCCCCCCCC(CC(O)CCCC)S(=O)(=O)[O-].[K+]. The van der Waals surface area contributed by atoms with E-state index < -0.39 is 21.5 Å². The van der Waals surface area contributed by atoms with Crippen LogP contribution in [-0.2, 0) is 10.1 Å². The Kier molecular flexibility index (Phi) is 20.7. The zero-order valence-electron chi connectivity index (χ0n) is 16.1. The van der Waals surface area contributed by atoms with Crippen LogP contribution in [0.5, 0.6) is 0 Å². The zero-order valence-corrected chi connectivity index (χ0v) is 20.1. The third-order valence-electron chi connectivity index (χ3n) is 4.46. The first-order valence-electron chi connectivity index (χ1n) is 9.54. The molecule has 0 heterocycles. The van der Waals surface area contributed by atoms with Crippen LogP contribution in [0.1, 0.15) is 104 Å². The van der Waals surface area contributed by atoms with Crippen LogP contribution >= 0.6 is 0 Å². The molecule has 6 heteroatoms. The molecule has 140 valence electrons. The standard InChI is InChI=1S/C18H38O4S.K/c1-3-5-7-8-9-10-11-12-13-15-18(23(20,21)22)16-17(19)14-6-4-2;/h17-19H,3-16H2,1-2H3,(H,20,21,22);/q;+1/p-1. The second-order valence-electron chi connectivity index (χ2n) is 6.76. The van der Waals surface area contributed by atoms with Gasteiger partial charge in [0.05, 0.1) is 21.5 Å². The Labute approximate surface area is 192 Å². The third kappa shape index (κ3) is 16.9. The van der Waals surface area contributed by atoms with Gasteiger partial charge in [-0.2, -0.15) is 0 Å². The summed E-state index contributed by atoms with van der Waals surface area (Å²) >= 11 is 0. The van der Waals surface area contributed by atoms with Crippen LogP contribution in [0.25, 0.3) is 0 Å². The van der Waals surface area contributed by atoms with E-state index in [1.807, 2.05) is 6.92 Å². The molecule has 2 atom stereocenters. The molecule has 24 heavy (non-hydrogen) atoms. The molecule has 0 bridgehead atoms. The molecular weight excluding hydrogens is 351 g/mol. The number of aliphatic hydroxyl groups excluding tert-OH is 1. The van der Waals surface area contributed by atoms with Gasteiger partial charge in [0.2, 0.25) is 0 Å². The predicted octanol–water partition coefficient (Wildman–Crippen LogP) is 1.77. The van der Waals surface area contributed by atoms with Gasteiger partial charge < -0.3 is 9.66 Å². The van der Waals surface area contributed by atoms with Crippen LogP contribution in [-0.4, -0.2) is 29.4 Å². The van der Waals surface area contributed by atoms with Gasteiger partial charge in [-0.25, -0.2) is 8.42 Å². The van der Waals surface area contributed by atoms with Crippen molar-refractivity contribution >= 4 is 10.1 Å². The van der Waals surface area contributed by atoms with Gasteiger partial charge in [-0.1, -0.05) is 84.5 Å². The number of unbranched alkanes of at least 4 members (excludes halogenated alkanes) is 9. The fourth-order valence-corrected chi connectivity index (χ4v) is 3.84. The van der Waals surface area contributed by atoms with Crippen molar-refractivity contribution in [1.82, 2.24) is 0 Å². The van der Waals surface area contributed by atoms with Crippen molar-refractivity contribution in [3.63, 3.8) is 0 Å². The Balaban J connectivity index is 0. The van der Waals surface area contributed by atoms with Gasteiger partial charge in [0.1, 0.15) is 0 Å². The fourth-order valence-electron chi connectivity index (χ4n) is 2.92. The molecule has 0 fully saturated rings. The smallest absolute Gasteiger partial charge is 0.748 e. The minimum atomic E-state index is -4.30. The van der Waals surface area contributed by atoms with Gasteiger partial charge >= 0.3 is 51.4 Å². The van der Waals surface area contributed by atoms with E-state index in [4.69, 9.17) is 0 Å². The van der Waals surface area contributed by atoms with Gasteiger partial charge in [0.15, 0.2) is 0 Å². The Morgan fingerprint density at radius 2 is 1.25 bits per heavy atom. The Bertz CT molecular complexity index is 360. The minimum Gasteiger partial charge on any atom is -0.748 e. The van der Waals surface area contributed by atoms with Crippen molar-refractivity contribution in [2.75, 3.05) is 0 Å². The first kappa shape index (κ1) is 27.7. The van der Waals surface area contributed by atoms with E-state index >= 15 is 0 Å². The predicted molar refractivity (Wildman–Crippen MR) is 95.5 cm³/mol. The number of rotatable bonds is 16. The van der Waals surface area contributed by atoms with Crippen molar-refractivity contribution in [3.8, 4) is 0 Å². The molecule has 1 N–H and O–H groups in total. The van der Waals surface area contributed by atoms with Crippen molar-refractivity contribution in [3.05, 3.63) is 0 Å². The van der Waals surface area contributed by atoms with Crippen molar-refractivity contribution < 1.29 is 69.5 Å². The topological polar surface area (TPSA) is 77.4 Å². The van der Waals surface area contributed by atoms with Crippen molar-refractivity contribution in [2.45, 2.75) is 115 Å². The van der Waals surface area contributed by atoms with Crippen molar-refractivity contribution in [2.24, 2.45) is 0 Å². The molecule has 0 saturated heterocycles. The Hall–Kier alpha value is 1.51. The van der Waals surface area contributed by atoms with E-state index in [2.05, 4.69) is 6.92 Å². The van der Waals surface area contributed by atoms with Crippen LogP contribution in [0.2, 0.25) is 0 Å². The average Bonchev–Trinajstić information content (AvgIpc) is 2.49. The summed E-state index contributed by atoms with van der Waals surface area (Å²) in [5, 5.41) is 8.94. The molecule has 0 aromatic carbocycles. The van der Waals surface area contributed by atoms with Gasteiger partial charge in [-0.3, -0.25) is 0 Å². The van der Waals surface area contributed by atoms with Gasteiger partial charge in [0, 0.05) is 0 Å². The largest absolute Gasteiger partial charge is 1.00 e. The van der Waals surface area contributed by atoms with Gasteiger partial charge in [-0.05, 0) is 19.3 Å². The van der Waals surface area contributed by atoms with E-state index in [-0.39, 0.29) is 57.8 Å². The van der Waals surface area contributed by atoms with Crippen LogP contribution < -0.4 is 51.4 Å². The Morgan fingerprint density at radius 3 is 1.71 bits per heavy atom. The maximum atomic E-state index is 11.3. The molecule has 0 aliphatic carbocycles. The summed E-state index contributed by atoms with van der Waals surface area (Å²) in [4.78, 5) is 0. The fraction of sp³-hybridized carbons (Fsp3) is 1.00. The Morgan fingerprint density at radius 1 is 0.792 bits per heavy atom. The number of aliphatic hydroxyl groups is 1. The molecule has 0 rings (SSSR count). The maximum Gasteiger partial charge on any atom is 1.00 e. The molecular formula is C18H37KO4S. The first-order valence-corrected chi connectivity index (χ1v) is 11.0. The van der Waals surface area contributed by atoms with E-state index in [1.165, 1.54) is 38.5 Å². The first-order chi connectivity index (χ1) is 10.9. The maximum absolute atomic E-state index is 11.3. The average molecular weight is 389 g/mol. The third-order valence-corrected chi connectivity index (χ3v) is 5.71. The molecule has 0 aromatic heterocycles. The van der Waals surface area contributed by atoms with E-state index in [0.29, 0.717) is 12.8 Å². The van der Waals surface area contributed by atoms with Gasteiger partial charge in [-0.15, -0.1) is 0 Å². The van der Waals surface area contributed by atoms with Gasteiger partial charge in [0.25, 0.3) is 0 Å². The normalized spacial score (nSPS) is 14.2. The van der Waals surface area contributed by atoms with E-state index in [9.17, 15) is 18.1 Å². The number of hydrogen-bond acceptors (Lipinski definition) is 4. The van der Waals surface area contributed by atoms with Crippen LogP contribution in [0.3, 0.4) is 0 Å². The molecule has 0 saturated carbocycles. The van der Waals surface area contributed by atoms with Crippen LogP contribution in [0.4, 0.5) is 0 Å². The molecule has 0 radical (unpaired) electrons. The van der Waals surface area contributed by atoms with E-state index in [1.54, 1.807) is 0 Å². The monoisotopic (exact) mass is 388 g/mol. The summed E-state index contributed by atoms with van der Waals surface area (Å²) in [6, 6.07) is 0. The molecule has 0 aliphatic heterocycles. The summed E-state index contributed by atoms with van der Waals surface area (Å²) in [7, 11) is -4.30. The van der Waals surface area contributed by atoms with Crippen LogP contribution in [0.15, 0.2) is 0 Å². The summed E-state index contributed by atoms with van der Waals surface area (Å²) in [5.74, 6) is 0. The second kappa shape index (κ2) is 17.9. The summed E-state index contributed by atoms with van der Waals surface area (Å²) in [6.45, 7) is 4.23. The molecule has 0 aromatic rings.